The number of rotatable bonds is 5. The third-order valence-corrected chi connectivity index (χ3v) is 4.90. The number of fused-ring (bicyclic) bond motifs is 1. The smallest absolute Gasteiger partial charge is 0.239 e. The number of piperidine rings is 1. The average Bonchev–Trinajstić information content (AvgIpc) is 2.98. The van der Waals surface area contributed by atoms with Gasteiger partial charge in [0.2, 0.25) is 5.91 Å². The fourth-order valence-corrected chi connectivity index (χ4v) is 3.62. The Morgan fingerprint density at radius 1 is 1.38 bits per heavy atom. The van der Waals surface area contributed by atoms with E-state index >= 15 is 0 Å². The van der Waals surface area contributed by atoms with Crippen molar-refractivity contribution in [3.05, 3.63) is 35.4 Å². The van der Waals surface area contributed by atoms with Gasteiger partial charge < -0.3 is 10.6 Å². The molecular formula is C17H24F2N4O. The Balaban J connectivity index is 1.72. The minimum atomic E-state index is -0.622. The molecular weight excluding hydrogens is 314 g/mol. The lowest BCUT2D eigenvalue weighted by Gasteiger charge is -2.28. The predicted molar refractivity (Wildman–Crippen MR) is 87.0 cm³/mol. The number of carbonyl (C=O) groups is 1. The van der Waals surface area contributed by atoms with Crippen LogP contribution in [0.2, 0.25) is 0 Å². The minimum absolute atomic E-state index is 0.152. The van der Waals surface area contributed by atoms with Crippen molar-refractivity contribution in [1.29, 1.82) is 0 Å². The molecule has 7 heteroatoms. The summed E-state index contributed by atoms with van der Waals surface area (Å²) in [7, 11) is 0. The summed E-state index contributed by atoms with van der Waals surface area (Å²) in [5, 5.41) is 6.24. The zero-order valence-corrected chi connectivity index (χ0v) is 13.7. The van der Waals surface area contributed by atoms with Gasteiger partial charge in [0.1, 0.15) is 17.7 Å². The van der Waals surface area contributed by atoms with Gasteiger partial charge in [-0.05, 0) is 25.5 Å². The summed E-state index contributed by atoms with van der Waals surface area (Å²) in [4.78, 5) is 12.7. The van der Waals surface area contributed by atoms with Crippen LogP contribution in [0.1, 0.15) is 37.8 Å². The molecule has 0 spiro atoms. The molecule has 4 unspecified atom stereocenters. The topological polar surface area (TPSA) is 65.2 Å². The Labute approximate surface area is 140 Å². The highest BCUT2D eigenvalue weighted by Gasteiger charge is 2.41. The van der Waals surface area contributed by atoms with Crippen LogP contribution in [0.25, 0.3) is 0 Å². The van der Waals surface area contributed by atoms with Crippen LogP contribution in [0.4, 0.5) is 8.78 Å². The number of carbonyl (C=O) groups excluding carboxylic acids is 1. The molecule has 1 amide bonds. The molecule has 2 heterocycles. The van der Waals surface area contributed by atoms with Crippen molar-refractivity contribution in [1.82, 2.24) is 21.5 Å². The third-order valence-electron chi connectivity index (χ3n) is 4.90. The van der Waals surface area contributed by atoms with Gasteiger partial charge in [-0.2, -0.15) is 0 Å². The monoisotopic (exact) mass is 338 g/mol. The second-order valence-corrected chi connectivity index (χ2v) is 6.55. The normalized spacial score (nSPS) is 27.5. The van der Waals surface area contributed by atoms with E-state index < -0.39 is 17.7 Å². The molecule has 4 atom stereocenters. The SMILES string of the molecule is CCCC(NC(=O)C1NNC2CCNCC21)c1ccc(F)cc1F. The van der Waals surface area contributed by atoms with E-state index in [1.165, 1.54) is 12.1 Å². The van der Waals surface area contributed by atoms with Crippen LogP contribution in [0, 0.1) is 17.6 Å². The van der Waals surface area contributed by atoms with E-state index in [-0.39, 0.29) is 23.9 Å². The number of hydrazine groups is 1. The maximum absolute atomic E-state index is 14.1. The van der Waals surface area contributed by atoms with Crippen molar-refractivity contribution >= 4 is 5.91 Å². The molecule has 132 valence electrons. The first-order chi connectivity index (χ1) is 11.6. The summed E-state index contributed by atoms with van der Waals surface area (Å²) in [6.07, 6.45) is 2.35. The summed E-state index contributed by atoms with van der Waals surface area (Å²) >= 11 is 0. The van der Waals surface area contributed by atoms with Crippen molar-refractivity contribution in [3.63, 3.8) is 0 Å². The second-order valence-electron chi connectivity index (χ2n) is 6.55. The molecule has 0 saturated carbocycles. The molecule has 0 radical (unpaired) electrons. The number of nitrogens with one attached hydrogen (secondary N) is 4. The number of halogens is 2. The Kier molecular flexibility index (Phi) is 5.43. The zero-order valence-electron chi connectivity index (χ0n) is 13.7. The van der Waals surface area contributed by atoms with Gasteiger partial charge in [-0.15, -0.1) is 0 Å². The second kappa shape index (κ2) is 7.55. The maximum atomic E-state index is 14.1. The first kappa shape index (κ1) is 17.3. The molecule has 3 rings (SSSR count). The summed E-state index contributed by atoms with van der Waals surface area (Å²) < 4.78 is 27.2. The molecule has 0 aliphatic carbocycles. The molecule has 0 aromatic heterocycles. The van der Waals surface area contributed by atoms with Crippen molar-refractivity contribution in [2.75, 3.05) is 13.1 Å². The average molecular weight is 338 g/mol. The quantitative estimate of drug-likeness (QED) is 0.655. The van der Waals surface area contributed by atoms with Gasteiger partial charge in [0.05, 0.1) is 6.04 Å². The van der Waals surface area contributed by atoms with Crippen LogP contribution in [0.3, 0.4) is 0 Å². The first-order valence-electron chi connectivity index (χ1n) is 8.57. The largest absolute Gasteiger partial charge is 0.348 e. The van der Waals surface area contributed by atoms with E-state index in [0.29, 0.717) is 12.0 Å². The predicted octanol–water partition coefficient (Wildman–Crippen LogP) is 1.38. The van der Waals surface area contributed by atoms with Gasteiger partial charge >= 0.3 is 0 Å². The third kappa shape index (κ3) is 3.58. The molecule has 5 nitrogen and oxygen atoms in total. The Bertz CT molecular complexity index is 598. The van der Waals surface area contributed by atoms with Gasteiger partial charge in [0.15, 0.2) is 0 Å². The lowest BCUT2D eigenvalue weighted by molar-refractivity contribution is -0.124. The molecule has 0 bridgehead atoms. The summed E-state index contributed by atoms with van der Waals surface area (Å²) in [6.45, 7) is 3.67. The van der Waals surface area contributed by atoms with E-state index in [2.05, 4.69) is 21.5 Å². The molecule has 2 saturated heterocycles. The van der Waals surface area contributed by atoms with Gasteiger partial charge in [0, 0.05) is 30.1 Å². The van der Waals surface area contributed by atoms with E-state index in [4.69, 9.17) is 0 Å². The summed E-state index contributed by atoms with van der Waals surface area (Å²) in [5.74, 6) is -1.22. The van der Waals surface area contributed by atoms with Crippen LogP contribution >= 0.6 is 0 Å². The lowest BCUT2D eigenvalue weighted by Crippen LogP contribution is -2.50. The molecule has 2 fully saturated rings. The zero-order chi connectivity index (χ0) is 17.1. The van der Waals surface area contributed by atoms with E-state index in [1.54, 1.807) is 0 Å². The van der Waals surface area contributed by atoms with Crippen LogP contribution in [0.15, 0.2) is 18.2 Å². The van der Waals surface area contributed by atoms with Crippen molar-refractivity contribution in [2.24, 2.45) is 5.92 Å². The Hall–Kier alpha value is -1.57. The van der Waals surface area contributed by atoms with Crippen molar-refractivity contribution in [2.45, 2.75) is 44.3 Å². The van der Waals surface area contributed by atoms with Crippen LogP contribution in [0.5, 0.6) is 0 Å². The molecule has 4 N–H and O–H groups in total. The lowest BCUT2D eigenvalue weighted by atomic mass is 9.88. The first-order valence-corrected chi connectivity index (χ1v) is 8.57. The van der Waals surface area contributed by atoms with Gasteiger partial charge in [-0.25, -0.2) is 14.2 Å². The summed E-state index contributed by atoms with van der Waals surface area (Å²) in [6, 6.07) is 2.96. The standard InChI is InChI=1S/C17H24F2N4O/c1-2-3-14(11-5-4-10(18)8-13(11)19)21-17(24)16-12-9-20-7-6-15(12)22-23-16/h4-5,8,12,14-16,20,22-23H,2-3,6-7,9H2,1H3,(H,21,24). The Morgan fingerprint density at radius 3 is 2.96 bits per heavy atom. The highest BCUT2D eigenvalue weighted by molar-refractivity contribution is 5.83. The van der Waals surface area contributed by atoms with E-state index in [1.807, 2.05) is 6.92 Å². The Morgan fingerprint density at radius 2 is 2.21 bits per heavy atom. The fourth-order valence-electron chi connectivity index (χ4n) is 3.62. The maximum Gasteiger partial charge on any atom is 0.239 e. The van der Waals surface area contributed by atoms with Crippen molar-refractivity contribution in [3.8, 4) is 0 Å². The molecule has 2 aliphatic heterocycles. The van der Waals surface area contributed by atoms with Gasteiger partial charge in [-0.3, -0.25) is 10.2 Å². The summed E-state index contributed by atoms with van der Waals surface area (Å²) in [5.41, 5.74) is 6.57. The molecule has 1 aromatic carbocycles. The number of benzene rings is 1. The number of hydrogen-bond acceptors (Lipinski definition) is 4. The van der Waals surface area contributed by atoms with Gasteiger partial charge in [-0.1, -0.05) is 19.4 Å². The number of hydrogen-bond donors (Lipinski definition) is 4. The molecule has 24 heavy (non-hydrogen) atoms. The van der Waals surface area contributed by atoms with Crippen LogP contribution in [-0.2, 0) is 4.79 Å². The highest BCUT2D eigenvalue weighted by Crippen LogP contribution is 2.25. The van der Waals surface area contributed by atoms with E-state index in [0.717, 1.165) is 32.0 Å². The minimum Gasteiger partial charge on any atom is -0.348 e. The van der Waals surface area contributed by atoms with Crippen molar-refractivity contribution < 1.29 is 13.6 Å². The van der Waals surface area contributed by atoms with Crippen LogP contribution < -0.4 is 21.5 Å². The number of amides is 1. The van der Waals surface area contributed by atoms with Crippen LogP contribution in [-0.4, -0.2) is 31.1 Å². The fraction of sp³-hybridized carbons (Fsp3) is 0.588. The molecule has 1 aromatic rings. The van der Waals surface area contributed by atoms with Gasteiger partial charge in [0.25, 0.3) is 0 Å². The van der Waals surface area contributed by atoms with E-state index in [9.17, 15) is 13.6 Å². The highest BCUT2D eigenvalue weighted by atomic mass is 19.1. The molecule has 2 aliphatic rings.